The highest BCUT2D eigenvalue weighted by atomic mass is 14.4. The van der Waals surface area contributed by atoms with Crippen molar-refractivity contribution in [1.29, 1.82) is 0 Å². The summed E-state index contributed by atoms with van der Waals surface area (Å²) in [5.74, 6) is 0.517. The van der Waals surface area contributed by atoms with E-state index in [4.69, 9.17) is 0 Å². The summed E-state index contributed by atoms with van der Waals surface area (Å²) < 4.78 is 0. The second-order valence-electron chi connectivity index (χ2n) is 7.77. The SMILES string of the molecule is C=C(C)Cc1cc(C)c(C)cc1CC1C(=C)C=CCC1(C)C. The molecule has 0 heteroatoms. The van der Waals surface area contributed by atoms with Crippen molar-refractivity contribution in [1.82, 2.24) is 0 Å². The summed E-state index contributed by atoms with van der Waals surface area (Å²) >= 11 is 0. The quantitative estimate of drug-likeness (QED) is 0.586. The van der Waals surface area contributed by atoms with Gasteiger partial charge in [0, 0.05) is 0 Å². The summed E-state index contributed by atoms with van der Waals surface area (Å²) in [7, 11) is 0. The lowest BCUT2D eigenvalue weighted by molar-refractivity contribution is 0.245. The van der Waals surface area contributed by atoms with Gasteiger partial charge in [0.1, 0.15) is 0 Å². The topological polar surface area (TPSA) is 0 Å². The minimum absolute atomic E-state index is 0.283. The van der Waals surface area contributed by atoms with Crippen molar-refractivity contribution in [2.75, 3.05) is 0 Å². The van der Waals surface area contributed by atoms with Crippen LogP contribution in [0, 0.1) is 25.2 Å². The molecule has 0 aliphatic heterocycles. The van der Waals surface area contributed by atoms with Gasteiger partial charge in [-0.05, 0) is 73.6 Å². The third-order valence-corrected chi connectivity index (χ3v) is 5.10. The minimum Gasteiger partial charge on any atom is -0.0998 e. The largest absolute Gasteiger partial charge is 0.0998 e. The molecular weight excluding hydrogens is 264 g/mol. The molecule has 1 aromatic carbocycles. The van der Waals surface area contributed by atoms with Crippen molar-refractivity contribution in [2.45, 2.75) is 53.9 Å². The summed E-state index contributed by atoms with van der Waals surface area (Å²) in [6.07, 6.45) is 7.69. The van der Waals surface area contributed by atoms with Crippen LogP contribution < -0.4 is 0 Å². The van der Waals surface area contributed by atoms with Gasteiger partial charge in [-0.3, -0.25) is 0 Å². The molecule has 0 bridgehead atoms. The van der Waals surface area contributed by atoms with Gasteiger partial charge in [0.05, 0.1) is 0 Å². The normalized spacial score (nSPS) is 20.2. The summed E-state index contributed by atoms with van der Waals surface area (Å²) in [6, 6.07) is 4.74. The van der Waals surface area contributed by atoms with Crippen molar-refractivity contribution < 1.29 is 0 Å². The zero-order valence-electron chi connectivity index (χ0n) is 14.9. The average Bonchev–Trinajstić information content (AvgIpc) is 2.38. The second-order valence-corrected chi connectivity index (χ2v) is 7.77. The summed E-state index contributed by atoms with van der Waals surface area (Å²) in [4.78, 5) is 0. The fourth-order valence-electron chi connectivity index (χ4n) is 3.52. The van der Waals surface area contributed by atoms with Gasteiger partial charge in [0.15, 0.2) is 0 Å². The predicted octanol–water partition coefficient (Wildman–Crippen LogP) is 6.12. The minimum atomic E-state index is 0.283. The Morgan fingerprint density at radius 3 is 2.32 bits per heavy atom. The van der Waals surface area contributed by atoms with Gasteiger partial charge in [-0.2, -0.15) is 0 Å². The first-order valence-electron chi connectivity index (χ1n) is 8.29. The number of aryl methyl sites for hydroxylation is 2. The van der Waals surface area contributed by atoms with Crippen molar-refractivity contribution in [3.05, 3.63) is 70.8 Å². The molecule has 1 atom stereocenters. The molecule has 1 aliphatic carbocycles. The fraction of sp³-hybridized carbons (Fsp3) is 0.455. The van der Waals surface area contributed by atoms with Gasteiger partial charge >= 0.3 is 0 Å². The predicted molar refractivity (Wildman–Crippen MR) is 98.3 cm³/mol. The maximum absolute atomic E-state index is 4.31. The molecular formula is C22H30. The highest BCUT2D eigenvalue weighted by molar-refractivity contribution is 5.40. The van der Waals surface area contributed by atoms with Gasteiger partial charge in [-0.15, -0.1) is 0 Å². The Labute approximate surface area is 136 Å². The first-order valence-corrected chi connectivity index (χ1v) is 8.29. The number of rotatable bonds is 4. The molecule has 0 nitrogen and oxygen atoms in total. The molecule has 118 valence electrons. The Balaban J connectivity index is 2.39. The molecule has 22 heavy (non-hydrogen) atoms. The monoisotopic (exact) mass is 294 g/mol. The van der Waals surface area contributed by atoms with Crippen LogP contribution in [0.15, 0.2) is 48.6 Å². The van der Waals surface area contributed by atoms with Crippen LogP contribution in [0.4, 0.5) is 0 Å². The molecule has 0 heterocycles. The Morgan fingerprint density at radius 2 is 1.77 bits per heavy atom. The molecule has 1 aliphatic rings. The van der Waals surface area contributed by atoms with Crippen molar-refractivity contribution in [2.24, 2.45) is 11.3 Å². The molecule has 0 amide bonds. The van der Waals surface area contributed by atoms with E-state index in [1.165, 1.54) is 33.4 Å². The summed E-state index contributed by atoms with van der Waals surface area (Å²) in [6.45, 7) is 19.7. The zero-order valence-corrected chi connectivity index (χ0v) is 14.9. The summed E-state index contributed by atoms with van der Waals surface area (Å²) in [5, 5.41) is 0. The standard InChI is InChI=1S/C22H30/c1-15(2)11-19-12-17(4)18(5)13-20(19)14-21-16(3)9-8-10-22(21,6)7/h8-9,12-13,21H,1,3,10-11,14H2,2,4-7H3. The number of allylic oxidation sites excluding steroid dienone is 4. The number of benzene rings is 1. The van der Waals surface area contributed by atoms with E-state index in [0.717, 1.165) is 19.3 Å². The van der Waals surface area contributed by atoms with E-state index in [1.54, 1.807) is 0 Å². The van der Waals surface area contributed by atoms with Crippen LogP contribution in [0.1, 0.15) is 49.4 Å². The number of hydrogen-bond donors (Lipinski definition) is 0. The molecule has 0 saturated heterocycles. The van der Waals surface area contributed by atoms with Gasteiger partial charge in [-0.1, -0.05) is 62.4 Å². The van der Waals surface area contributed by atoms with Crippen molar-refractivity contribution in [3.8, 4) is 0 Å². The number of hydrogen-bond acceptors (Lipinski definition) is 0. The molecule has 1 unspecified atom stereocenters. The molecule has 0 fully saturated rings. The first-order chi connectivity index (χ1) is 10.2. The van der Waals surface area contributed by atoms with Crippen LogP contribution in [0.3, 0.4) is 0 Å². The maximum Gasteiger partial charge on any atom is -0.00697 e. The molecule has 0 radical (unpaired) electrons. The van der Waals surface area contributed by atoms with Crippen LogP contribution in [0.5, 0.6) is 0 Å². The van der Waals surface area contributed by atoms with E-state index in [9.17, 15) is 0 Å². The highest BCUT2D eigenvalue weighted by Gasteiger charge is 2.32. The first kappa shape index (κ1) is 16.8. The fourth-order valence-corrected chi connectivity index (χ4v) is 3.52. The molecule has 2 rings (SSSR count). The Morgan fingerprint density at radius 1 is 1.18 bits per heavy atom. The lowest BCUT2D eigenvalue weighted by Gasteiger charge is -2.38. The average molecular weight is 294 g/mol. The van der Waals surface area contributed by atoms with Gasteiger partial charge in [0.2, 0.25) is 0 Å². The smallest absolute Gasteiger partial charge is 0.00697 e. The Bertz CT molecular complexity index is 626. The Hall–Kier alpha value is -1.56. The molecule has 1 aromatic rings. The van der Waals surface area contributed by atoms with Crippen molar-refractivity contribution in [3.63, 3.8) is 0 Å². The van der Waals surface area contributed by atoms with E-state index in [0.29, 0.717) is 5.92 Å². The van der Waals surface area contributed by atoms with E-state index in [1.807, 2.05) is 0 Å². The van der Waals surface area contributed by atoms with E-state index in [-0.39, 0.29) is 5.41 Å². The summed E-state index contributed by atoms with van der Waals surface area (Å²) in [5.41, 5.74) is 8.46. The van der Waals surface area contributed by atoms with Crippen LogP contribution >= 0.6 is 0 Å². The van der Waals surface area contributed by atoms with Crippen LogP contribution in [-0.4, -0.2) is 0 Å². The Kier molecular flexibility index (Phi) is 4.80. The zero-order chi connectivity index (χ0) is 16.5. The lowest BCUT2D eigenvalue weighted by Crippen LogP contribution is -2.29. The van der Waals surface area contributed by atoms with Gasteiger partial charge in [-0.25, -0.2) is 0 Å². The molecule has 0 spiro atoms. The van der Waals surface area contributed by atoms with E-state index >= 15 is 0 Å². The third-order valence-electron chi connectivity index (χ3n) is 5.10. The third kappa shape index (κ3) is 3.61. The van der Waals surface area contributed by atoms with Gasteiger partial charge in [0.25, 0.3) is 0 Å². The molecule has 0 aromatic heterocycles. The second kappa shape index (κ2) is 6.28. The maximum atomic E-state index is 4.31. The highest BCUT2D eigenvalue weighted by Crippen LogP contribution is 2.42. The van der Waals surface area contributed by atoms with E-state index in [2.05, 4.69) is 72.1 Å². The molecule has 0 N–H and O–H groups in total. The van der Waals surface area contributed by atoms with Crippen LogP contribution in [-0.2, 0) is 12.8 Å². The van der Waals surface area contributed by atoms with Gasteiger partial charge < -0.3 is 0 Å². The lowest BCUT2D eigenvalue weighted by atomic mass is 9.67. The molecule has 0 saturated carbocycles. The van der Waals surface area contributed by atoms with Crippen LogP contribution in [0.2, 0.25) is 0 Å². The van der Waals surface area contributed by atoms with Crippen LogP contribution in [0.25, 0.3) is 0 Å². The van der Waals surface area contributed by atoms with Crippen molar-refractivity contribution >= 4 is 0 Å². The van der Waals surface area contributed by atoms with E-state index < -0.39 is 0 Å².